The lowest BCUT2D eigenvalue weighted by atomic mass is 9.99. The van der Waals surface area contributed by atoms with Crippen LogP contribution in [-0.2, 0) is 107 Å². The van der Waals surface area contributed by atoms with Crippen molar-refractivity contribution in [3.05, 3.63) is 138 Å². The van der Waals surface area contributed by atoms with Crippen LogP contribution in [-0.4, -0.2) is 307 Å². The molecule has 43 heteroatoms. The number of nitrogens with zero attached hydrogens (tertiary/aromatic N) is 6. The molecular weight excluding hydrogens is 1750 g/mol. The summed E-state index contributed by atoms with van der Waals surface area (Å²) < 4.78 is 0. The van der Waals surface area contributed by atoms with Crippen LogP contribution < -0.4 is 75.7 Å². The van der Waals surface area contributed by atoms with Gasteiger partial charge in [0.05, 0.1) is 38.2 Å². The van der Waals surface area contributed by atoms with Gasteiger partial charge in [0.1, 0.15) is 78.5 Å². The summed E-state index contributed by atoms with van der Waals surface area (Å²) >= 11 is 0.798. The van der Waals surface area contributed by atoms with E-state index >= 15 is 28.8 Å². The lowest BCUT2D eigenvalue weighted by Gasteiger charge is -2.36. The zero-order valence-electron chi connectivity index (χ0n) is 76.4. The number of allylic oxidation sites excluding steroid dienone is 2. The number of benzene rings is 3. The zero-order chi connectivity index (χ0) is 97.4. The Bertz CT molecular complexity index is 5180. The Labute approximate surface area is 779 Å². The third kappa shape index (κ3) is 30.1. The van der Waals surface area contributed by atoms with Gasteiger partial charge in [-0.2, -0.15) is 0 Å². The van der Waals surface area contributed by atoms with E-state index in [1.54, 1.807) is 105 Å². The monoisotopic (exact) mass is 1870 g/mol. The summed E-state index contributed by atoms with van der Waals surface area (Å²) in [5.41, 5.74) is 20.1. The van der Waals surface area contributed by atoms with Gasteiger partial charge in [-0.05, 0) is 112 Å². The molecular formula is C91H126N24O18S. The molecule has 0 radical (unpaired) electrons. The molecule has 42 nitrogen and oxygen atoms in total. The number of primary amides is 2. The standard InChI is InChI=1S/C91H126N24O18S/c1-52(2)37-65-86(129)111(4)47-76(119)102-63(39-55-43-98-60-29-21-19-27-58(55)60)81(124)109-69(48-116)83(126)108-67(40-56-44-99-61-30-22-20-28-59(56)61)88(131)114(7)73-33-18-13-11-9-8-10-12-17-32-71(113(6)90(73)133)84(127)104-62(31-23-35-97-91(94)95)80(123)110-70(79(122)100-46-75(93)118)49-134-50-77(120)103-66(38-54-25-15-14-16-26-54)87(130)112(5)53(3)78(121)106-68(42-74(92)117)89(132)115-36-24-34-72(115)85(128)105-64(82(125)107-65)41-57-45-96-51-101-57/h8-9,14-16,19-22,25-30,43-45,51-53,62-73,98-99,116H,10-13,17-18,23-24,31-42,46-50H2,1-7H3,(H2,92,117)(H2,93,118)(H,96,101)(H,100,122)(H,102,119)(H,103,120)(H,104,127)(H,105,128)(H,106,121)(H,107,125)(H,108,126)(H,109,124)(H,110,123)(H4,94,95,97)/b9-8-/t53-,62-,63-,64-,65-,66-,67-,68-,69-,70-,71-,72-,73-/m0/s1. The molecule has 0 aliphatic carbocycles. The predicted octanol–water partition coefficient (Wildman–Crippen LogP) is -1.83. The molecule has 134 heavy (non-hydrogen) atoms. The molecule has 3 aliphatic heterocycles. The molecule has 17 amide bonds. The topological polar surface area (TPSA) is 621 Å². The Balaban J connectivity index is 1.09. The number of likely N-dealkylation sites (N-methyl/N-ethyl adjacent to an activating group) is 4. The molecule has 2 fully saturated rings. The first-order chi connectivity index (χ1) is 64.0. The molecule has 3 aromatic heterocycles. The van der Waals surface area contributed by atoms with Crippen molar-refractivity contribution >= 4 is 140 Å². The Morgan fingerprint density at radius 3 is 1.66 bits per heavy atom. The normalized spacial score (nSPS) is 24.5. The number of nitrogens with two attached hydrogens (primary N) is 3. The molecule has 6 aromatic rings. The van der Waals surface area contributed by atoms with Gasteiger partial charge in [-0.15, -0.1) is 11.8 Å². The van der Waals surface area contributed by atoms with Crippen LogP contribution in [0.5, 0.6) is 0 Å². The minimum absolute atomic E-state index is 0.000530. The first-order valence-corrected chi connectivity index (χ1v) is 46.1. The number of thioether (sulfide) groups is 1. The van der Waals surface area contributed by atoms with Crippen LogP contribution >= 0.6 is 11.8 Å². The van der Waals surface area contributed by atoms with Crippen LogP contribution in [0.3, 0.4) is 0 Å². The molecule has 0 saturated carbocycles. The molecule has 0 spiro atoms. The van der Waals surface area contributed by atoms with Crippen LogP contribution in [0, 0.1) is 11.3 Å². The highest BCUT2D eigenvalue weighted by Gasteiger charge is 2.44. The Kier molecular flexibility index (Phi) is 39.4. The Morgan fingerprint density at radius 2 is 1.05 bits per heavy atom. The van der Waals surface area contributed by atoms with Crippen LogP contribution in [0.2, 0.25) is 0 Å². The largest absolute Gasteiger partial charge is 0.394 e. The number of hydrogen-bond acceptors (Lipinski definition) is 21. The second kappa shape index (κ2) is 50.8. The maximum Gasteiger partial charge on any atom is 0.246 e. The average molecular weight is 1880 g/mol. The van der Waals surface area contributed by atoms with E-state index in [2.05, 4.69) is 78.4 Å². The SMILES string of the molecule is CC(C)C[C@@H]1NC(=O)[C@H](Cc2cnc[nH]2)NC(=O)[C@@H]2CCCN2C(=O)[C@H](CC(N)=O)NC(=O)[C@H](C)N(C)C(=O)[C@H](Cc2ccccc2)NC(=O)CSC[C@@H](C(=O)NCC(N)=O)NC(=O)[C@H](CCCNC(=N)N)NC(=O)[C@@H]2CCCC/C=C\CCCC[C@@H](C(=O)N2C)N(C)C(=O)[C@H](Cc2c[nH]c3ccccc23)NC(=O)[C@H](CO)NC(=O)[C@H](Cc2c[nH]c3ccccc23)NC(=O)CN(C)C1=O. The fourth-order valence-electron chi connectivity index (χ4n) is 16.4. The molecule has 2 saturated heterocycles. The number of fused-ring (bicyclic) bond motifs is 6. The molecule has 13 atom stereocenters. The number of aliphatic hydroxyl groups is 1. The molecule has 22 N–H and O–H groups in total. The van der Waals surface area contributed by atoms with E-state index in [9.17, 15) is 57.8 Å². The van der Waals surface area contributed by atoms with E-state index in [0.29, 0.717) is 82.7 Å². The number of carbonyl (C=O) groups excluding carboxylic acids is 17. The average Bonchev–Trinajstić information content (AvgIpc) is 1.70. The van der Waals surface area contributed by atoms with Gasteiger partial charge < -0.3 is 120 Å². The van der Waals surface area contributed by atoms with Crippen molar-refractivity contribution in [2.24, 2.45) is 23.1 Å². The first kappa shape index (κ1) is 104. The minimum Gasteiger partial charge on any atom is -0.394 e. The third-order valence-corrected chi connectivity index (χ3v) is 24.9. The van der Waals surface area contributed by atoms with Crippen molar-refractivity contribution in [3.8, 4) is 0 Å². The quantitative estimate of drug-likeness (QED) is 0.0173. The molecule has 3 aliphatic rings. The van der Waals surface area contributed by atoms with Crippen LogP contribution in [0.25, 0.3) is 21.8 Å². The summed E-state index contributed by atoms with van der Waals surface area (Å²) in [7, 11) is 5.29. The zero-order valence-corrected chi connectivity index (χ0v) is 77.3. The summed E-state index contributed by atoms with van der Waals surface area (Å²) in [4.78, 5) is 268. The van der Waals surface area contributed by atoms with Crippen molar-refractivity contribution < 1.29 is 86.6 Å². The predicted molar refractivity (Wildman–Crippen MR) is 497 cm³/mol. The number of imidazole rings is 1. The van der Waals surface area contributed by atoms with E-state index in [0.717, 1.165) is 26.5 Å². The number of nitrogens with one attached hydrogen (secondary N) is 15. The second-order valence-corrected chi connectivity index (χ2v) is 35.4. The number of para-hydroxylation sites is 2. The maximum absolute atomic E-state index is 15.8. The van der Waals surface area contributed by atoms with Gasteiger partial charge in [0.15, 0.2) is 5.96 Å². The van der Waals surface area contributed by atoms with Crippen LogP contribution in [0.4, 0.5) is 0 Å². The molecule has 9 rings (SSSR count). The summed E-state index contributed by atoms with van der Waals surface area (Å²) in [6.45, 7) is 2.24. The first-order valence-electron chi connectivity index (χ1n) is 44.9. The highest BCUT2D eigenvalue weighted by Crippen LogP contribution is 2.27. The Hall–Kier alpha value is -13.7. The van der Waals surface area contributed by atoms with Crippen molar-refractivity contribution in [2.75, 3.05) is 72.5 Å². The Morgan fingerprint density at radius 1 is 0.522 bits per heavy atom. The van der Waals surface area contributed by atoms with Gasteiger partial charge in [0.2, 0.25) is 100 Å². The van der Waals surface area contributed by atoms with Gasteiger partial charge in [-0.25, -0.2) is 4.98 Å². The fourth-order valence-corrected chi connectivity index (χ4v) is 17.3. The smallest absolute Gasteiger partial charge is 0.246 e. The van der Waals surface area contributed by atoms with E-state index < -0.39 is 223 Å². The number of amides is 17. The third-order valence-electron chi connectivity index (χ3n) is 23.8. The number of rotatable bonds is 20. The minimum atomic E-state index is -1.85. The highest BCUT2D eigenvalue weighted by atomic mass is 32.2. The van der Waals surface area contributed by atoms with Crippen molar-refractivity contribution in [2.45, 2.75) is 215 Å². The van der Waals surface area contributed by atoms with Crippen molar-refractivity contribution in [1.29, 1.82) is 5.41 Å². The number of aliphatic hydroxyl groups excluding tert-OH is 1. The molecule has 2 bridgehead atoms. The number of carbonyl (C=O) groups is 17. The number of hydrogen-bond donors (Lipinski definition) is 19. The molecule has 0 unspecified atom stereocenters. The number of H-pyrrole nitrogens is 3. The van der Waals surface area contributed by atoms with Gasteiger partial charge in [-0.3, -0.25) is 86.9 Å². The van der Waals surface area contributed by atoms with E-state index in [-0.39, 0.29) is 89.6 Å². The van der Waals surface area contributed by atoms with Crippen LogP contribution in [0.15, 0.2) is 116 Å². The van der Waals surface area contributed by atoms with Crippen molar-refractivity contribution in [1.82, 2.24) is 103 Å². The van der Waals surface area contributed by atoms with Gasteiger partial charge in [0, 0.05) is 119 Å². The second-order valence-electron chi connectivity index (χ2n) is 34.4. The summed E-state index contributed by atoms with van der Waals surface area (Å²) in [6.07, 6.45) is 11.3. The maximum atomic E-state index is 15.8. The summed E-state index contributed by atoms with van der Waals surface area (Å²) in [6, 6.07) is 2.92. The molecule has 6 heterocycles. The molecule has 724 valence electrons. The summed E-state index contributed by atoms with van der Waals surface area (Å²) in [5, 5.41) is 49.6. The van der Waals surface area contributed by atoms with E-state index in [1.165, 1.54) is 57.4 Å². The van der Waals surface area contributed by atoms with E-state index in [1.807, 2.05) is 12.2 Å². The van der Waals surface area contributed by atoms with Gasteiger partial charge in [0.25, 0.3) is 0 Å². The van der Waals surface area contributed by atoms with Gasteiger partial charge >= 0.3 is 0 Å². The number of aromatic amines is 3. The number of guanidine groups is 1. The summed E-state index contributed by atoms with van der Waals surface area (Å²) in [5.74, 6) is -17.1. The molecule has 3 aromatic carbocycles. The lowest BCUT2D eigenvalue weighted by Crippen LogP contribution is -2.61. The van der Waals surface area contributed by atoms with Gasteiger partial charge in [-0.1, -0.05) is 106 Å². The lowest BCUT2D eigenvalue weighted by molar-refractivity contribution is -0.149. The highest BCUT2D eigenvalue weighted by molar-refractivity contribution is 8.00. The van der Waals surface area contributed by atoms with Crippen LogP contribution in [0.1, 0.15) is 133 Å². The van der Waals surface area contributed by atoms with Crippen molar-refractivity contribution in [3.63, 3.8) is 0 Å². The van der Waals surface area contributed by atoms with E-state index in [4.69, 9.17) is 22.6 Å². The number of aromatic nitrogens is 4. The fraction of sp³-hybridized carbons (Fsp3) is 0.505.